The maximum Gasteiger partial charge on any atom is 0.226 e. The first kappa shape index (κ1) is 26.9. The number of carbonyl (C=O) groups is 2. The predicted octanol–water partition coefficient (Wildman–Crippen LogP) is 5.88. The number of hydrogen-bond acceptors (Lipinski definition) is 6. The molecular formula is C32H44FNO4S. The molecule has 7 rings (SSSR count). The van der Waals surface area contributed by atoms with Gasteiger partial charge in [0, 0.05) is 34.7 Å². The predicted molar refractivity (Wildman–Crippen MR) is 149 cm³/mol. The van der Waals surface area contributed by atoms with Crippen LogP contribution in [0.4, 0.5) is 4.39 Å². The Labute approximate surface area is 236 Å². The fourth-order valence-electron chi connectivity index (χ4n) is 11.9. The summed E-state index contributed by atoms with van der Waals surface area (Å²) in [5, 5.41) is 14.2. The van der Waals surface area contributed by atoms with Crippen molar-refractivity contribution in [3.8, 4) is 0 Å². The molecule has 6 fully saturated rings. The van der Waals surface area contributed by atoms with Crippen molar-refractivity contribution in [1.29, 1.82) is 0 Å². The molecule has 6 aliphatic carbocycles. The third kappa shape index (κ3) is 2.99. The van der Waals surface area contributed by atoms with Crippen molar-refractivity contribution in [2.45, 2.75) is 97.3 Å². The minimum absolute atomic E-state index is 0.0232. The summed E-state index contributed by atoms with van der Waals surface area (Å²) in [6.45, 7) is 11.8. The molecule has 5 nitrogen and oxygen atoms in total. The topological polar surface area (TPSA) is 66.8 Å². The molecule has 0 aromatic rings. The van der Waals surface area contributed by atoms with Gasteiger partial charge in [0.25, 0.3) is 0 Å². The molecule has 2 bridgehead atoms. The highest BCUT2D eigenvalue weighted by Gasteiger charge is 2.82. The average molecular weight is 558 g/mol. The molecular weight excluding hydrogens is 513 g/mol. The minimum atomic E-state index is -1.14. The van der Waals surface area contributed by atoms with Crippen LogP contribution in [0.25, 0.3) is 0 Å². The second kappa shape index (κ2) is 8.29. The van der Waals surface area contributed by atoms with E-state index in [0.29, 0.717) is 24.9 Å². The van der Waals surface area contributed by atoms with Gasteiger partial charge < -0.3 is 5.11 Å². The number of allylic oxidation sites excluding steroid dienone is 4. The molecule has 39 heavy (non-hydrogen) atoms. The molecule has 0 aromatic carbocycles. The lowest BCUT2D eigenvalue weighted by Crippen LogP contribution is -2.70. The number of ketones is 1. The summed E-state index contributed by atoms with van der Waals surface area (Å²) in [5.74, 6) is 1.67. The lowest BCUT2D eigenvalue weighted by Gasteiger charge is -2.70. The van der Waals surface area contributed by atoms with Crippen molar-refractivity contribution in [3.63, 3.8) is 0 Å². The number of thioether (sulfide) groups is 1. The molecule has 1 N–H and O–H groups in total. The van der Waals surface area contributed by atoms with Gasteiger partial charge in [-0.2, -0.15) is 5.06 Å². The van der Waals surface area contributed by atoms with Gasteiger partial charge in [-0.05, 0) is 79.8 Å². The Morgan fingerprint density at radius 3 is 2.62 bits per heavy atom. The van der Waals surface area contributed by atoms with Crippen molar-refractivity contribution < 1.29 is 23.9 Å². The summed E-state index contributed by atoms with van der Waals surface area (Å²) in [5.41, 5.74) is -1.91. The highest BCUT2D eigenvalue weighted by atomic mass is 32.2. The summed E-state index contributed by atoms with van der Waals surface area (Å²) in [6, 6.07) is -0.419. The second-order valence-electron chi connectivity index (χ2n) is 15.1. The normalized spacial score (nSPS) is 55.7. The van der Waals surface area contributed by atoms with Crippen molar-refractivity contribution >= 4 is 22.7 Å². The molecule has 0 radical (unpaired) electrons. The number of rotatable bonds is 3. The van der Waals surface area contributed by atoms with Crippen LogP contribution in [0.15, 0.2) is 23.8 Å². The number of fused-ring (bicyclic) bond motifs is 9. The number of carbonyl (C=O) groups excluding carboxylic acids is 2. The van der Waals surface area contributed by atoms with Gasteiger partial charge in [0.1, 0.15) is 6.01 Å². The van der Waals surface area contributed by atoms with Gasteiger partial charge in [-0.15, -0.1) is 0 Å². The number of hydroxylamine groups is 2. The van der Waals surface area contributed by atoms with Crippen LogP contribution < -0.4 is 0 Å². The van der Waals surface area contributed by atoms with Crippen LogP contribution in [-0.2, 0) is 14.4 Å². The molecule has 1 aliphatic heterocycles. The van der Waals surface area contributed by atoms with Gasteiger partial charge in [-0.25, -0.2) is 4.39 Å². The van der Waals surface area contributed by atoms with Gasteiger partial charge in [0.15, 0.2) is 11.4 Å². The quantitative estimate of drug-likeness (QED) is 0.468. The first-order valence-electron chi connectivity index (χ1n) is 15.2. The number of hydrogen-bond donors (Lipinski definition) is 1. The highest BCUT2D eigenvalue weighted by molar-refractivity contribution is 8.13. The molecule has 0 amide bonds. The molecule has 7 heteroatoms. The SMILES string of the molecule is C[C@H]1C[C@@H]2[C@](C)([C@@H](O)C[C@@]3(C)[C@@]2(C)C[C@H]2CN(C4CC5CCC4C5)O[C@]23C(=O)SCF)[C@@]2(C)C=CC(=O)C=C12. The van der Waals surface area contributed by atoms with E-state index < -0.39 is 34.0 Å². The van der Waals surface area contributed by atoms with Gasteiger partial charge in [0.05, 0.1) is 6.10 Å². The van der Waals surface area contributed by atoms with Crippen LogP contribution in [0, 0.1) is 51.2 Å². The number of halogens is 1. The summed E-state index contributed by atoms with van der Waals surface area (Å²) in [7, 11) is 0. The smallest absolute Gasteiger partial charge is 0.226 e. The molecule has 5 saturated carbocycles. The van der Waals surface area contributed by atoms with Crippen molar-refractivity contribution in [1.82, 2.24) is 5.06 Å². The zero-order chi connectivity index (χ0) is 27.8. The van der Waals surface area contributed by atoms with Gasteiger partial charge >= 0.3 is 0 Å². The van der Waals surface area contributed by atoms with Gasteiger partial charge in [-0.1, -0.05) is 64.5 Å². The summed E-state index contributed by atoms with van der Waals surface area (Å²) in [4.78, 5) is 33.6. The van der Waals surface area contributed by atoms with Crippen molar-refractivity contribution in [3.05, 3.63) is 23.8 Å². The Hall–Kier alpha value is -1.02. The number of aliphatic hydroxyl groups excluding tert-OH is 1. The summed E-state index contributed by atoms with van der Waals surface area (Å²) in [6.07, 6.45) is 11.9. The first-order chi connectivity index (χ1) is 18.4. The molecule has 1 saturated heterocycles. The van der Waals surface area contributed by atoms with Crippen LogP contribution in [0.5, 0.6) is 0 Å². The zero-order valence-corrected chi connectivity index (χ0v) is 24.9. The van der Waals surface area contributed by atoms with E-state index in [0.717, 1.165) is 42.5 Å². The first-order valence-corrected chi connectivity index (χ1v) is 16.2. The Kier molecular flexibility index (Phi) is 5.71. The third-order valence-corrected chi connectivity index (χ3v) is 14.7. The van der Waals surface area contributed by atoms with Crippen molar-refractivity contribution in [2.24, 2.45) is 51.2 Å². The molecule has 0 aromatic heterocycles. The van der Waals surface area contributed by atoms with E-state index in [1.165, 1.54) is 19.3 Å². The Morgan fingerprint density at radius 2 is 1.95 bits per heavy atom. The second-order valence-corrected chi connectivity index (χ2v) is 16.0. The van der Waals surface area contributed by atoms with Crippen LogP contribution in [0.3, 0.4) is 0 Å². The van der Waals surface area contributed by atoms with Gasteiger partial charge in [-0.3, -0.25) is 14.4 Å². The number of aliphatic hydroxyl groups is 1. The van der Waals surface area contributed by atoms with E-state index in [2.05, 4.69) is 39.7 Å². The fourth-order valence-corrected chi connectivity index (χ4v) is 12.6. The van der Waals surface area contributed by atoms with E-state index in [1.807, 2.05) is 6.08 Å². The zero-order valence-electron chi connectivity index (χ0n) is 24.0. The Balaban J connectivity index is 1.33. The van der Waals surface area contributed by atoms with E-state index in [1.54, 1.807) is 12.2 Å². The number of alkyl halides is 1. The molecule has 3 unspecified atom stereocenters. The van der Waals surface area contributed by atoms with E-state index >= 15 is 0 Å². The van der Waals surface area contributed by atoms with Crippen LogP contribution in [-0.4, -0.2) is 51.4 Å². The van der Waals surface area contributed by atoms with Gasteiger partial charge in [0.2, 0.25) is 5.12 Å². The average Bonchev–Trinajstić information content (AvgIpc) is 3.64. The van der Waals surface area contributed by atoms with E-state index in [-0.39, 0.29) is 34.1 Å². The Bertz CT molecular complexity index is 1190. The monoisotopic (exact) mass is 557 g/mol. The third-order valence-electron chi connectivity index (χ3n) is 14.1. The van der Waals surface area contributed by atoms with Crippen LogP contribution >= 0.6 is 11.8 Å². The summed E-state index contributed by atoms with van der Waals surface area (Å²) >= 11 is 0.760. The van der Waals surface area contributed by atoms with Crippen LogP contribution in [0.1, 0.15) is 79.6 Å². The van der Waals surface area contributed by atoms with E-state index in [4.69, 9.17) is 4.84 Å². The fraction of sp³-hybridized carbons (Fsp3) is 0.812. The number of nitrogens with zero attached hydrogens (tertiary/aromatic N) is 1. The molecule has 7 aliphatic rings. The standard InChI is InChI=1S/C32H44FNO4S/c1-18-10-25-29(3)14-21-16-34(24-12-19-6-7-20(24)11-19)38-32(21,27(37)39-17-33)30(29,4)15-26(36)31(25,5)28(2)9-8-22(35)13-23(18)28/h8-9,13,18-21,24-26,36H,6-7,10-12,14-17H2,1-5H3/t18-,19?,20?,21-,24?,25-,26-,28-,29-,30-,31+,32-/m0/s1. The maximum atomic E-state index is 14.1. The Morgan fingerprint density at radius 1 is 1.18 bits per heavy atom. The molecule has 1 heterocycles. The molecule has 12 atom stereocenters. The largest absolute Gasteiger partial charge is 0.392 e. The lowest BCUT2D eigenvalue weighted by molar-refractivity contribution is -0.289. The molecule has 214 valence electrons. The highest BCUT2D eigenvalue weighted by Crippen LogP contribution is 2.79. The van der Waals surface area contributed by atoms with Crippen LogP contribution in [0.2, 0.25) is 0 Å². The van der Waals surface area contributed by atoms with Crippen molar-refractivity contribution in [2.75, 3.05) is 12.6 Å². The minimum Gasteiger partial charge on any atom is -0.392 e. The maximum absolute atomic E-state index is 14.1. The van der Waals surface area contributed by atoms with E-state index in [9.17, 15) is 19.1 Å². The molecule has 0 spiro atoms. The summed E-state index contributed by atoms with van der Waals surface area (Å²) < 4.78 is 13.8. The lowest BCUT2D eigenvalue weighted by atomic mass is 9.35.